The molecule has 0 unspecified atom stereocenters. The highest BCUT2D eigenvalue weighted by molar-refractivity contribution is 7.22. The molecule has 8 heteroatoms. The number of thiazole rings is 1. The van der Waals surface area contributed by atoms with Crippen molar-refractivity contribution in [2.45, 2.75) is 6.54 Å². The fourth-order valence-electron chi connectivity index (χ4n) is 3.34. The van der Waals surface area contributed by atoms with Crippen molar-refractivity contribution in [3.05, 3.63) is 89.5 Å². The Morgan fingerprint density at radius 1 is 1.06 bits per heavy atom. The fraction of sp³-hybridized carbons (Fsp3) is 0.0833. The summed E-state index contributed by atoms with van der Waals surface area (Å²) in [5.74, 6) is -0.516. The summed E-state index contributed by atoms with van der Waals surface area (Å²) in [5, 5.41) is 0.286. The number of carbonyl (C=O) groups excluding carboxylic acids is 1. The van der Waals surface area contributed by atoms with Crippen molar-refractivity contribution in [3.8, 4) is 11.5 Å². The van der Waals surface area contributed by atoms with Crippen molar-refractivity contribution in [1.29, 1.82) is 0 Å². The van der Waals surface area contributed by atoms with Crippen LogP contribution < -0.4 is 14.4 Å². The lowest BCUT2D eigenvalue weighted by Crippen LogP contribution is -2.28. The number of aromatic nitrogens is 1. The molecular weight excluding hydrogens is 434 g/mol. The standard InChI is InChI=1S/C24H16F2N2O3S/c25-17-11-18(26)23-21(12-17)32-24(27-23)28(13-16-4-2-1-3-5-16)22(29)9-7-15-6-8-19-20(10-15)31-14-30-19/h1-12H,13-14H2/b9-7+. The number of rotatable bonds is 5. The minimum atomic E-state index is -0.759. The second-order valence-electron chi connectivity index (χ2n) is 7.09. The van der Waals surface area contributed by atoms with Gasteiger partial charge in [0, 0.05) is 12.1 Å². The Bertz CT molecular complexity index is 1340. The van der Waals surface area contributed by atoms with E-state index in [1.54, 1.807) is 18.2 Å². The predicted molar refractivity (Wildman–Crippen MR) is 119 cm³/mol. The lowest BCUT2D eigenvalue weighted by atomic mass is 10.2. The van der Waals surface area contributed by atoms with Crippen molar-refractivity contribution in [1.82, 2.24) is 4.98 Å². The number of carbonyl (C=O) groups is 1. The van der Waals surface area contributed by atoms with Gasteiger partial charge in [-0.1, -0.05) is 47.7 Å². The Labute approximate surface area is 186 Å². The van der Waals surface area contributed by atoms with Gasteiger partial charge in [-0.15, -0.1) is 0 Å². The van der Waals surface area contributed by atoms with E-state index in [1.165, 1.54) is 17.0 Å². The highest BCUT2D eigenvalue weighted by Crippen LogP contribution is 2.34. The van der Waals surface area contributed by atoms with Crippen LogP contribution in [0.15, 0.2) is 66.7 Å². The van der Waals surface area contributed by atoms with Gasteiger partial charge in [0.05, 0.1) is 11.2 Å². The molecule has 2 heterocycles. The summed E-state index contributed by atoms with van der Waals surface area (Å²) in [5.41, 5.74) is 1.68. The van der Waals surface area contributed by atoms with Crippen LogP contribution >= 0.6 is 11.3 Å². The Kier molecular flexibility index (Phi) is 5.28. The van der Waals surface area contributed by atoms with Crippen LogP contribution in [0.2, 0.25) is 0 Å². The van der Waals surface area contributed by atoms with Crippen molar-refractivity contribution in [2.75, 3.05) is 11.7 Å². The molecule has 1 aliphatic heterocycles. The predicted octanol–water partition coefficient (Wildman–Crippen LogP) is 5.55. The van der Waals surface area contributed by atoms with Crippen LogP contribution in [0.4, 0.5) is 13.9 Å². The monoisotopic (exact) mass is 450 g/mol. The number of ether oxygens (including phenoxy) is 2. The topological polar surface area (TPSA) is 51.7 Å². The van der Waals surface area contributed by atoms with Crippen molar-refractivity contribution < 1.29 is 23.0 Å². The number of anilines is 1. The van der Waals surface area contributed by atoms with Gasteiger partial charge >= 0.3 is 0 Å². The van der Waals surface area contributed by atoms with Crippen molar-refractivity contribution in [3.63, 3.8) is 0 Å². The van der Waals surface area contributed by atoms with E-state index in [1.807, 2.05) is 36.4 Å². The summed E-state index contributed by atoms with van der Waals surface area (Å²) in [6, 6.07) is 16.8. The third-order valence-electron chi connectivity index (χ3n) is 4.90. The first-order valence-electron chi connectivity index (χ1n) is 9.75. The molecule has 0 spiro atoms. The van der Waals surface area contributed by atoms with Gasteiger partial charge in [0.2, 0.25) is 6.79 Å². The lowest BCUT2D eigenvalue weighted by Gasteiger charge is -2.18. The first-order chi connectivity index (χ1) is 15.6. The molecule has 5 rings (SSSR count). The van der Waals surface area contributed by atoms with Crippen LogP contribution in [0.5, 0.6) is 11.5 Å². The van der Waals surface area contributed by atoms with Gasteiger partial charge in [0.25, 0.3) is 5.91 Å². The quantitative estimate of drug-likeness (QED) is 0.374. The number of amides is 1. The first kappa shape index (κ1) is 20.1. The van der Waals surface area contributed by atoms with E-state index in [0.717, 1.165) is 28.5 Å². The summed E-state index contributed by atoms with van der Waals surface area (Å²) in [6.45, 7) is 0.399. The number of benzene rings is 3. The maximum atomic E-state index is 14.2. The molecule has 0 N–H and O–H groups in total. The van der Waals surface area contributed by atoms with E-state index in [4.69, 9.17) is 9.47 Å². The van der Waals surface area contributed by atoms with Gasteiger partial charge in [-0.2, -0.15) is 0 Å². The van der Waals surface area contributed by atoms with Gasteiger partial charge in [-0.05, 0) is 35.4 Å². The molecule has 1 aliphatic rings. The summed E-state index contributed by atoms with van der Waals surface area (Å²) < 4.78 is 38.8. The van der Waals surface area contributed by atoms with E-state index in [0.29, 0.717) is 16.2 Å². The average molecular weight is 450 g/mol. The molecule has 0 radical (unpaired) electrons. The number of hydrogen-bond acceptors (Lipinski definition) is 5. The van der Waals surface area contributed by atoms with Crippen LogP contribution in [0.1, 0.15) is 11.1 Å². The third-order valence-corrected chi connectivity index (χ3v) is 5.92. The molecule has 5 nitrogen and oxygen atoms in total. The number of fused-ring (bicyclic) bond motifs is 2. The third kappa shape index (κ3) is 4.04. The molecule has 1 aromatic heterocycles. The first-order valence-corrected chi connectivity index (χ1v) is 10.6. The second kappa shape index (κ2) is 8.39. The molecule has 0 fully saturated rings. The zero-order chi connectivity index (χ0) is 22.1. The molecule has 0 atom stereocenters. The van der Waals surface area contributed by atoms with Crippen LogP contribution in [0.3, 0.4) is 0 Å². The highest BCUT2D eigenvalue weighted by atomic mass is 32.1. The maximum Gasteiger partial charge on any atom is 0.253 e. The molecule has 1 amide bonds. The Morgan fingerprint density at radius 3 is 2.72 bits per heavy atom. The molecule has 3 aromatic carbocycles. The molecule has 32 heavy (non-hydrogen) atoms. The van der Waals surface area contributed by atoms with Gasteiger partial charge in [-0.25, -0.2) is 13.8 Å². The average Bonchev–Trinajstić information content (AvgIpc) is 3.43. The largest absolute Gasteiger partial charge is 0.454 e. The Balaban J connectivity index is 1.48. The van der Waals surface area contributed by atoms with E-state index < -0.39 is 11.6 Å². The second-order valence-corrected chi connectivity index (χ2v) is 8.10. The van der Waals surface area contributed by atoms with Gasteiger partial charge in [0.15, 0.2) is 22.4 Å². The summed E-state index contributed by atoms with van der Waals surface area (Å²) in [6.07, 6.45) is 3.08. The normalized spacial score (nSPS) is 12.6. The van der Waals surface area contributed by atoms with Crippen LogP contribution in [-0.4, -0.2) is 17.7 Å². The summed E-state index contributed by atoms with van der Waals surface area (Å²) in [4.78, 5) is 18.9. The summed E-state index contributed by atoms with van der Waals surface area (Å²) in [7, 11) is 0. The molecule has 0 saturated carbocycles. The van der Waals surface area contributed by atoms with Crippen LogP contribution in [-0.2, 0) is 11.3 Å². The van der Waals surface area contributed by atoms with E-state index in [2.05, 4.69) is 4.98 Å². The summed E-state index contributed by atoms with van der Waals surface area (Å²) >= 11 is 1.06. The zero-order valence-corrected chi connectivity index (χ0v) is 17.4. The molecule has 160 valence electrons. The number of hydrogen-bond donors (Lipinski definition) is 0. The molecule has 4 aromatic rings. The zero-order valence-electron chi connectivity index (χ0n) is 16.6. The molecule has 0 aliphatic carbocycles. The molecule has 0 bridgehead atoms. The lowest BCUT2D eigenvalue weighted by molar-refractivity contribution is -0.114. The van der Waals surface area contributed by atoms with Gasteiger partial charge in [0.1, 0.15) is 11.3 Å². The Morgan fingerprint density at radius 2 is 1.88 bits per heavy atom. The Hall–Kier alpha value is -3.78. The van der Waals surface area contributed by atoms with E-state index in [9.17, 15) is 13.6 Å². The number of halogens is 2. The molecule has 0 saturated heterocycles. The van der Waals surface area contributed by atoms with Crippen LogP contribution in [0, 0.1) is 11.6 Å². The van der Waals surface area contributed by atoms with Gasteiger partial charge < -0.3 is 9.47 Å². The van der Waals surface area contributed by atoms with Crippen molar-refractivity contribution in [2.24, 2.45) is 0 Å². The van der Waals surface area contributed by atoms with Gasteiger partial charge in [-0.3, -0.25) is 9.69 Å². The fourth-order valence-corrected chi connectivity index (χ4v) is 4.35. The maximum absolute atomic E-state index is 14.2. The minimum Gasteiger partial charge on any atom is -0.454 e. The van der Waals surface area contributed by atoms with Crippen LogP contribution in [0.25, 0.3) is 16.3 Å². The minimum absolute atomic E-state index is 0.0389. The smallest absolute Gasteiger partial charge is 0.253 e. The van der Waals surface area contributed by atoms with E-state index in [-0.39, 0.29) is 29.9 Å². The highest BCUT2D eigenvalue weighted by Gasteiger charge is 2.20. The molecular formula is C24H16F2N2O3S. The van der Waals surface area contributed by atoms with E-state index >= 15 is 0 Å². The SMILES string of the molecule is O=C(/C=C/c1ccc2c(c1)OCO2)N(Cc1ccccc1)c1nc2c(F)cc(F)cc2s1. The number of nitrogens with zero attached hydrogens (tertiary/aromatic N) is 2. The van der Waals surface area contributed by atoms with Crippen molar-refractivity contribution >= 4 is 38.7 Å².